The Morgan fingerprint density at radius 3 is 1.91 bits per heavy atom. The molecule has 11 heteroatoms. The zero-order chi connectivity index (χ0) is 24.4. The maximum absolute atomic E-state index is 13.4. The molecule has 0 aliphatic rings. The van der Waals surface area contributed by atoms with Gasteiger partial charge in [0.25, 0.3) is 11.8 Å². The van der Waals surface area contributed by atoms with Crippen molar-refractivity contribution in [2.75, 3.05) is 10.6 Å². The van der Waals surface area contributed by atoms with Crippen LogP contribution >= 0.6 is 22.6 Å². The molecule has 2 amide bonds. The monoisotopic (exact) mass is 578 g/mol. The molecule has 0 unspecified atom stereocenters. The summed E-state index contributed by atoms with van der Waals surface area (Å²) in [5, 5.41) is 4.61. The Bertz CT molecular complexity index is 1190. The molecule has 0 fully saturated rings. The number of halogens is 7. The van der Waals surface area contributed by atoms with Gasteiger partial charge in [0.15, 0.2) is 0 Å². The van der Waals surface area contributed by atoms with Crippen LogP contribution in [0.1, 0.15) is 31.8 Å². The van der Waals surface area contributed by atoms with Gasteiger partial charge in [-0.05, 0) is 65.1 Å². The fraction of sp³-hybridized carbons (Fsp3) is 0.0909. The number of hydrogen-bond donors (Lipinski definition) is 2. The number of rotatable bonds is 4. The minimum atomic E-state index is -5.14. The number of benzene rings is 3. The van der Waals surface area contributed by atoms with E-state index in [0.29, 0.717) is 11.6 Å². The number of carbonyl (C=O) groups is 2. The van der Waals surface area contributed by atoms with Crippen molar-refractivity contribution in [3.63, 3.8) is 0 Å². The maximum Gasteiger partial charge on any atom is 0.418 e. The van der Waals surface area contributed by atoms with Crippen LogP contribution in [0.5, 0.6) is 0 Å². The quantitative estimate of drug-likeness (QED) is 0.264. The fourth-order valence-electron chi connectivity index (χ4n) is 2.84. The van der Waals surface area contributed by atoms with E-state index in [2.05, 4.69) is 5.32 Å². The van der Waals surface area contributed by atoms with Crippen molar-refractivity contribution in [1.29, 1.82) is 0 Å². The van der Waals surface area contributed by atoms with Gasteiger partial charge in [0.1, 0.15) is 0 Å². The van der Waals surface area contributed by atoms with Crippen LogP contribution in [0.25, 0.3) is 0 Å². The molecule has 3 rings (SSSR count). The molecule has 3 aromatic rings. The van der Waals surface area contributed by atoms with Gasteiger partial charge in [0.2, 0.25) is 0 Å². The third-order valence-electron chi connectivity index (χ3n) is 4.38. The highest BCUT2D eigenvalue weighted by Gasteiger charge is 2.39. The predicted octanol–water partition coefficient (Wildman–Crippen LogP) is 6.83. The van der Waals surface area contributed by atoms with Crippen LogP contribution in [0.15, 0.2) is 66.7 Å². The lowest BCUT2D eigenvalue weighted by atomic mass is 10.1. The van der Waals surface area contributed by atoms with Gasteiger partial charge in [-0.25, -0.2) is 0 Å². The van der Waals surface area contributed by atoms with E-state index < -0.39 is 44.6 Å². The lowest BCUT2D eigenvalue weighted by Crippen LogP contribution is -2.20. The van der Waals surface area contributed by atoms with Crippen molar-refractivity contribution in [2.45, 2.75) is 12.4 Å². The summed E-state index contributed by atoms with van der Waals surface area (Å²) in [6.07, 6.45) is -10.1. The average molecular weight is 578 g/mol. The van der Waals surface area contributed by atoms with Crippen LogP contribution in [0, 0.1) is 3.57 Å². The smallest absolute Gasteiger partial charge is 0.322 e. The van der Waals surface area contributed by atoms with Crippen molar-refractivity contribution in [3.05, 3.63) is 92.6 Å². The molecule has 0 bridgehead atoms. The SMILES string of the molecule is O=C(Nc1cccc(C(=O)Nc2c(I)cc(C(F)(F)F)cc2C(F)(F)F)c1)c1ccccc1. The number of carbonyl (C=O) groups excluding carboxylic acids is 2. The van der Waals surface area contributed by atoms with E-state index in [9.17, 15) is 35.9 Å². The van der Waals surface area contributed by atoms with Crippen LogP contribution in [0.2, 0.25) is 0 Å². The standard InChI is InChI=1S/C22H13F6IN2O2/c23-21(24,25)14-10-16(22(26,27)28)18(17(29)11-14)31-20(33)13-7-4-8-15(9-13)30-19(32)12-5-2-1-3-6-12/h1-11H,(H,30,32)(H,31,33). The second-order valence-electron chi connectivity index (χ2n) is 6.73. The number of amides is 2. The van der Waals surface area contributed by atoms with Crippen LogP contribution in [0.4, 0.5) is 37.7 Å². The van der Waals surface area contributed by atoms with Gasteiger partial charge >= 0.3 is 12.4 Å². The highest BCUT2D eigenvalue weighted by molar-refractivity contribution is 14.1. The highest BCUT2D eigenvalue weighted by Crippen LogP contribution is 2.42. The average Bonchev–Trinajstić information content (AvgIpc) is 2.74. The third-order valence-corrected chi connectivity index (χ3v) is 5.23. The number of nitrogens with one attached hydrogen (secondary N) is 2. The van der Waals surface area contributed by atoms with Gasteiger partial charge in [-0.3, -0.25) is 9.59 Å². The molecule has 0 radical (unpaired) electrons. The summed E-state index contributed by atoms with van der Waals surface area (Å²) in [7, 11) is 0. The van der Waals surface area contributed by atoms with Gasteiger partial charge in [0.05, 0.1) is 16.8 Å². The van der Waals surface area contributed by atoms with Crippen molar-refractivity contribution < 1.29 is 35.9 Å². The maximum atomic E-state index is 13.4. The normalized spacial score (nSPS) is 11.7. The molecule has 3 aromatic carbocycles. The van der Waals surface area contributed by atoms with Crippen molar-refractivity contribution in [2.24, 2.45) is 0 Å². The largest absolute Gasteiger partial charge is 0.418 e. The Labute approximate surface area is 197 Å². The molecule has 0 aromatic heterocycles. The summed E-state index contributed by atoms with van der Waals surface area (Å²) in [4.78, 5) is 24.9. The van der Waals surface area contributed by atoms with Crippen molar-refractivity contribution in [1.82, 2.24) is 0 Å². The number of hydrogen-bond acceptors (Lipinski definition) is 2. The highest BCUT2D eigenvalue weighted by atomic mass is 127. The Kier molecular flexibility index (Phi) is 7.00. The van der Waals surface area contributed by atoms with Gasteiger partial charge in [0, 0.05) is 20.4 Å². The van der Waals surface area contributed by atoms with E-state index in [0.717, 1.165) is 0 Å². The van der Waals surface area contributed by atoms with E-state index in [1.807, 2.05) is 5.32 Å². The molecule has 2 N–H and O–H groups in total. The lowest BCUT2D eigenvalue weighted by Gasteiger charge is -2.18. The van der Waals surface area contributed by atoms with Crippen LogP contribution < -0.4 is 10.6 Å². The number of alkyl halides is 6. The van der Waals surface area contributed by atoms with Crippen LogP contribution in [-0.2, 0) is 12.4 Å². The van der Waals surface area contributed by atoms with Crippen molar-refractivity contribution >= 4 is 45.8 Å². The topological polar surface area (TPSA) is 58.2 Å². The zero-order valence-electron chi connectivity index (χ0n) is 16.3. The first-order valence-corrected chi connectivity index (χ1v) is 10.2. The second kappa shape index (κ2) is 9.41. The third kappa shape index (κ3) is 6.03. The van der Waals surface area contributed by atoms with Gasteiger partial charge in [-0.2, -0.15) is 26.3 Å². The summed E-state index contributed by atoms with van der Waals surface area (Å²) in [6.45, 7) is 0. The minimum absolute atomic E-state index is 0.0473. The first kappa shape index (κ1) is 24.6. The molecule has 0 saturated heterocycles. The molecule has 0 saturated carbocycles. The first-order chi connectivity index (χ1) is 15.4. The van der Waals surface area contributed by atoms with E-state index in [-0.39, 0.29) is 17.3 Å². The number of anilines is 2. The molecule has 0 spiro atoms. The minimum Gasteiger partial charge on any atom is -0.322 e. The molecule has 0 aliphatic carbocycles. The molecular formula is C22H13F6IN2O2. The van der Waals surface area contributed by atoms with E-state index in [1.54, 1.807) is 30.3 Å². The second-order valence-corrected chi connectivity index (χ2v) is 7.89. The summed E-state index contributed by atoms with van der Waals surface area (Å²) in [5.74, 6) is -1.46. The Hall–Kier alpha value is -3.09. The van der Waals surface area contributed by atoms with Gasteiger partial charge < -0.3 is 10.6 Å². The van der Waals surface area contributed by atoms with Gasteiger partial charge in [-0.15, -0.1) is 0 Å². The van der Waals surface area contributed by atoms with E-state index >= 15 is 0 Å². The molecular weight excluding hydrogens is 565 g/mol. The summed E-state index contributed by atoms with van der Waals surface area (Å²) < 4.78 is 78.8. The molecule has 0 atom stereocenters. The molecule has 4 nitrogen and oxygen atoms in total. The molecule has 0 heterocycles. The van der Waals surface area contributed by atoms with Crippen molar-refractivity contribution in [3.8, 4) is 0 Å². The van der Waals surface area contributed by atoms with Gasteiger partial charge in [-0.1, -0.05) is 24.3 Å². The summed E-state index contributed by atoms with van der Waals surface area (Å²) >= 11 is 1.30. The van der Waals surface area contributed by atoms with E-state index in [1.165, 1.54) is 46.9 Å². The van der Waals surface area contributed by atoms with Crippen LogP contribution in [0.3, 0.4) is 0 Å². The lowest BCUT2D eigenvalue weighted by molar-refractivity contribution is -0.142. The molecule has 172 valence electrons. The molecule has 0 aliphatic heterocycles. The summed E-state index contributed by atoms with van der Waals surface area (Å²) in [6, 6.07) is 14.0. The Morgan fingerprint density at radius 1 is 0.697 bits per heavy atom. The Morgan fingerprint density at radius 2 is 1.30 bits per heavy atom. The van der Waals surface area contributed by atoms with Crippen LogP contribution in [-0.4, -0.2) is 11.8 Å². The first-order valence-electron chi connectivity index (χ1n) is 9.12. The predicted molar refractivity (Wildman–Crippen MR) is 118 cm³/mol. The molecule has 33 heavy (non-hydrogen) atoms. The fourth-order valence-corrected chi connectivity index (χ4v) is 3.60. The van der Waals surface area contributed by atoms with E-state index in [4.69, 9.17) is 0 Å². The zero-order valence-corrected chi connectivity index (χ0v) is 18.5. The summed E-state index contributed by atoms with van der Waals surface area (Å²) in [5.41, 5.74) is -3.45. The Balaban J connectivity index is 1.89.